The number of aryl methyl sites for hydroxylation is 3. The van der Waals surface area contributed by atoms with E-state index < -0.39 is 0 Å². The predicted molar refractivity (Wildman–Crippen MR) is 101 cm³/mol. The van der Waals surface area contributed by atoms with E-state index in [1.165, 1.54) is 0 Å². The number of nitrogens with zero attached hydrogens (tertiary/aromatic N) is 1. The second-order valence-corrected chi connectivity index (χ2v) is 6.77. The highest BCUT2D eigenvalue weighted by Gasteiger charge is 2.20. The van der Waals surface area contributed by atoms with Gasteiger partial charge in [0.15, 0.2) is 0 Å². The van der Waals surface area contributed by atoms with Gasteiger partial charge in [-0.3, -0.25) is 9.59 Å². The SMILES string of the molecule is CC(=O)N1CCCc2cc(NC(=O)Cc3cc(C)ccc3C)ccc21. The molecule has 0 bridgehead atoms. The van der Waals surface area contributed by atoms with Gasteiger partial charge >= 0.3 is 0 Å². The van der Waals surface area contributed by atoms with E-state index in [1.807, 2.05) is 38.1 Å². The fourth-order valence-electron chi connectivity index (χ4n) is 3.37. The minimum absolute atomic E-state index is 0.0205. The first-order valence-corrected chi connectivity index (χ1v) is 8.71. The van der Waals surface area contributed by atoms with Crippen LogP contribution >= 0.6 is 0 Å². The van der Waals surface area contributed by atoms with Crippen molar-refractivity contribution in [3.63, 3.8) is 0 Å². The Morgan fingerprint density at radius 2 is 1.92 bits per heavy atom. The molecule has 1 aliphatic rings. The summed E-state index contributed by atoms with van der Waals surface area (Å²) >= 11 is 0. The third-order valence-electron chi connectivity index (χ3n) is 4.72. The lowest BCUT2D eigenvalue weighted by molar-refractivity contribution is -0.117. The summed E-state index contributed by atoms with van der Waals surface area (Å²) in [4.78, 5) is 26.0. The van der Waals surface area contributed by atoms with Gasteiger partial charge in [0.1, 0.15) is 0 Å². The van der Waals surface area contributed by atoms with Crippen LogP contribution in [0.5, 0.6) is 0 Å². The van der Waals surface area contributed by atoms with Crippen LogP contribution in [0.4, 0.5) is 11.4 Å². The lowest BCUT2D eigenvalue weighted by Gasteiger charge is -2.29. The molecule has 1 N–H and O–H groups in total. The van der Waals surface area contributed by atoms with Crippen molar-refractivity contribution in [1.29, 1.82) is 0 Å². The van der Waals surface area contributed by atoms with Gasteiger partial charge in [0, 0.05) is 24.8 Å². The Morgan fingerprint density at radius 1 is 1.12 bits per heavy atom. The summed E-state index contributed by atoms with van der Waals surface area (Å²) in [6.07, 6.45) is 2.25. The third-order valence-corrected chi connectivity index (χ3v) is 4.72. The maximum Gasteiger partial charge on any atom is 0.228 e. The number of hydrogen-bond donors (Lipinski definition) is 1. The second-order valence-electron chi connectivity index (χ2n) is 6.77. The van der Waals surface area contributed by atoms with Gasteiger partial charge in [0.25, 0.3) is 0 Å². The smallest absolute Gasteiger partial charge is 0.228 e. The number of hydrogen-bond acceptors (Lipinski definition) is 2. The van der Waals surface area contributed by atoms with Gasteiger partial charge in [-0.2, -0.15) is 0 Å². The van der Waals surface area contributed by atoms with Crippen LogP contribution in [0, 0.1) is 13.8 Å². The minimum Gasteiger partial charge on any atom is -0.326 e. The summed E-state index contributed by atoms with van der Waals surface area (Å²) in [5, 5.41) is 2.99. The Morgan fingerprint density at radius 3 is 2.68 bits per heavy atom. The Kier molecular flexibility index (Phi) is 4.88. The van der Waals surface area contributed by atoms with E-state index in [0.717, 1.165) is 53.0 Å². The molecule has 2 amide bonds. The van der Waals surface area contributed by atoms with Crippen LogP contribution in [0.2, 0.25) is 0 Å². The van der Waals surface area contributed by atoms with Gasteiger partial charge in [-0.1, -0.05) is 23.8 Å². The van der Waals surface area contributed by atoms with E-state index >= 15 is 0 Å². The Balaban J connectivity index is 1.74. The molecule has 3 rings (SSSR count). The molecule has 1 aliphatic heterocycles. The summed E-state index contributed by atoms with van der Waals surface area (Å²) in [6, 6.07) is 12.0. The number of amides is 2. The quantitative estimate of drug-likeness (QED) is 0.927. The lowest BCUT2D eigenvalue weighted by Crippen LogP contribution is -2.33. The maximum atomic E-state index is 12.4. The van der Waals surface area contributed by atoms with Crippen LogP contribution in [-0.2, 0) is 22.4 Å². The molecule has 0 radical (unpaired) electrons. The van der Waals surface area contributed by atoms with Crippen molar-refractivity contribution in [1.82, 2.24) is 0 Å². The van der Waals surface area contributed by atoms with E-state index in [4.69, 9.17) is 0 Å². The standard InChI is InChI=1S/C21H24N2O2/c1-14-6-7-15(2)18(11-14)13-21(25)22-19-8-9-20-17(12-19)5-4-10-23(20)16(3)24/h6-9,11-12H,4-5,10,13H2,1-3H3,(H,22,25). The van der Waals surface area contributed by atoms with Crippen molar-refractivity contribution in [2.75, 3.05) is 16.8 Å². The van der Waals surface area contributed by atoms with Crippen LogP contribution in [-0.4, -0.2) is 18.4 Å². The Hall–Kier alpha value is -2.62. The van der Waals surface area contributed by atoms with E-state index in [9.17, 15) is 9.59 Å². The number of carbonyl (C=O) groups excluding carboxylic acids is 2. The number of fused-ring (bicyclic) bond motifs is 1. The first-order valence-electron chi connectivity index (χ1n) is 8.71. The zero-order chi connectivity index (χ0) is 18.0. The van der Waals surface area contributed by atoms with Crippen LogP contribution < -0.4 is 10.2 Å². The van der Waals surface area contributed by atoms with E-state index in [1.54, 1.807) is 11.8 Å². The zero-order valence-corrected chi connectivity index (χ0v) is 15.1. The van der Waals surface area contributed by atoms with Crippen LogP contribution in [0.3, 0.4) is 0 Å². The van der Waals surface area contributed by atoms with Crippen LogP contribution in [0.1, 0.15) is 35.6 Å². The fourth-order valence-corrected chi connectivity index (χ4v) is 3.37. The first kappa shape index (κ1) is 17.2. The molecular formula is C21H24N2O2. The van der Waals surface area contributed by atoms with E-state index in [0.29, 0.717) is 6.42 Å². The molecule has 0 aromatic heterocycles. The largest absolute Gasteiger partial charge is 0.326 e. The highest BCUT2D eigenvalue weighted by molar-refractivity contribution is 5.95. The normalized spacial score (nSPS) is 13.3. The van der Waals surface area contributed by atoms with Gasteiger partial charge in [-0.15, -0.1) is 0 Å². The van der Waals surface area contributed by atoms with Gasteiger partial charge in [0.2, 0.25) is 11.8 Å². The highest BCUT2D eigenvalue weighted by Crippen LogP contribution is 2.29. The molecule has 130 valence electrons. The summed E-state index contributed by atoms with van der Waals surface area (Å²) in [7, 11) is 0. The molecule has 0 unspecified atom stereocenters. The predicted octanol–water partition coefficient (Wildman–Crippen LogP) is 3.78. The van der Waals surface area contributed by atoms with E-state index in [-0.39, 0.29) is 11.8 Å². The summed E-state index contributed by atoms with van der Waals surface area (Å²) in [5.74, 6) is 0.0422. The van der Waals surface area contributed by atoms with Crippen LogP contribution in [0.15, 0.2) is 36.4 Å². The molecular weight excluding hydrogens is 312 g/mol. The fraction of sp³-hybridized carbons (Fsp3) is 0.333. The minimum atomic E-state index is -0.0205. The van der Waals surface area contributed by atoms with Crippen molar-refractivity contribution in [3.05, 3.63) is 58.7 Å². The molecule has 25 heavy (non-hydrogen) atoms. The molecule has 0 spiro atoms. The van der Waals surface area contributed by atoms with Crippen molar-refractivity contribution in [2.24, 2.45) is 0 Å². The number of nitrogens with one attached hydrogen (secondary N) is 1. The number of anilines is 2. The van der Waals surface area contributed by atoms with Crippen LogP contribution in [0.25, 0.3) is 0 Å². The lowest BCUT2D eigenvalue weighted by atomic mass is 10.0. The average Bonchev–Trinajstić information content (AvgIpc) is 2.57. The monoisotopic (exact) mass is 336 g/mol. The molecule has 0 atom stereocenters. The molecule has 0 saturated carbocycles. The number of rotatable bonds is 3. The second kappa shape index (κ2) is 7.09. The molecule has 0 saturated heterocycles. The van der Waals surface area contributed by atoms with E-state index in [2.05, 4.69) is 17.4 Å². The maximum absolute atomic E-state index is 12.4. The number of carbonyl (C=O) groups is 2. The zero-order valence-electron chi connectivity index (χ0n) is 15.1. The van der Waals surface area contributed by atoms with Gasteiger partial charge in [0.05, 0.1) is 6.42 Å². The molecule has 2 aromatic carbocycles. The van der Waals surface area contributed by atoms with Gasteiger partial charge in [-0.05, 0) is 61.6 Å². The van der Waals surface area contributed by atoms with Crippen molar-refractivity contribution >= 4 is 23.2 Å². The Bertz CT molecular complexity index is 827. The molecule has 0 aliphatic carbocycles. The summed E-state index contributed by atoms with van der Waals surface area (Å²) in [5.41, 5.74) is 6.21. The number of benzene rings is 2. The molecule has 0 fully saturated rings. The molecule has 4 heteroatoms. The molecule has 1 heterocycles. The Labute approximate surface area is 148 Å². The summed E-state index contributed by atoms with van der Waals surface area (Å²) < 4.78 is 0. The van der Waals surface area contributed by atoms with Crippen molar-refractivity contribution < 1.29 is 9.59 Å². The van der Waals surface area contributed by atoms with Crippen molar-refractivity contribution in [3.8, 4) is 0 Å². The topological polar surface area (TPSA) is 49.4 Å². The molecule has 2 aromatic rings. The first-order chi connectivity index (χ1) is 11.9. The summed E-state index contributed by atoms with van der Waals surface area (Å²) in [6.45, 7) is 6.41. The third kappa shape index (κ3) is 3.90. The van der Waals surface area contributed by atoms with Crippen molar-refractivity contribution in [2.45, 2.75) is 40.0 Å². The van der Waals surface area contributed by atoms with Gasteiger partial charge < -0.3 is 10.2 Å². The van der Waals surface area contributed by atoms with Gasteiger partial charge in [-0.25, -0.2) is 0 Å². The average molecular weight is 336 g/mol. The molecule has 4 nitrogen and oxygen atoms in total. The highest BCUT2D eigenvalue weighted by atomic mass is 16.2.